The summed E-state index contributed by atoms with van der Waals surface area (Å²) < 4.78 is 6.09. The fraction of sp³-hybridized carbons (Fsp3) is 0.231. The van der Waals surface area contributed by atoms with E-state index in [1.807, 2.05) is 37.3 Å². The Kier molecular flexibility index (Phi) is 6.72. The number of thiophene rings is 1. The van der Waals surface area contributed by atoms with Crippen LogP contribution >= 0.6 is 11.3 Å². The van der Waals surface area contributed by atoms with Gasteiger partial charge in [0.1, 0.15) is 5.82 Å². The summed E-state index contributed by atoms with van der Waals surface area (Å²) in [6, 6.07) is 12.8. The highest BCUT2D eigenvalue weighted by molar-refractivity contribution is 7.21. The van der Waals surface area contributed by atoms with Gasteiger partial charge in [-0.25, -0.2) is 4.98 Å². The number of amides is 1. The number of hydrogen-bond acceptors (Lipinski definition) is 6. The van der Waals surface area contributed by atoms with Gasteiger partial charge in [-0.1, -0.05) is 18.2 Å². The van der Waals surface area contributed by atoms with Crippen LogP contribution in [0.5, 0.6) is 0 Å². The van der Waals surface area contributed by atoms with Gasteiger partial charge in [0.2, 0.25) is 0 Å². The van der Waals surface area contributed by atoms with E-state index in [4.69, 9.17) is 9.84 Å². The van der Waals surface area contributed by atoms with Crippen LogP contribution in [-0.4, -0.2) is 34.9 Å². The Bertz CT molecular complexity index is 1440. The molecule has 8 heteroatoms. The van der Waals surface area contributed by atoms with Gasteiger partial charge in [0, 0.05) is 34.6 Å². The van der Waals surface area contributed by atoms with E-state index in [2.05, 4.69) is 10.3 Å². The van der Waals surface area contributed by atoms with Crippen molar-refractivity contribution >= 4 is 55.8 Å². The number of nitrogens with one attached hydrogen (secondary N) is 1. The van der Waals surface area contributed by atoms with Crippen molar-refractivity contribution in [1.29, 1.82) is 0 Å². The maximum absolute atomic E-state index is 13.2. The molecule has 0 aliphatic rings. The number of carboxylic acid groups (broad SMARTS) is 1. The van der Waals surface area contributed by atoms with E-state index in [0.717, 1.165) is 32.2 Å². The highest BCUT2D eigenvalue weighted by Gasteiger charge is 2.21. The van der Waals surface area contributed by atoms with Crippen LogP contribution in [0.4, 0.5) is 5.82 Å². The van der Waals surface area contributed by atoms with Gasteiger partial charge in [-0.3, -0.25) is 14.4 Å². The van der Waals surface area contributed by atoms with E-state index < -0.39 is 5.97 Å². The van der Waals surface area contributed by atoms with Gasteiger partial charge >= 0.3 is 5.97 Å². The molecule has 0 aliphatic carbocycles. The fourth-order valence-corrected chi connectivity index (χ4v) is 5.43. The predicted molar refractivity (Wildman–Crippen MR) is 133 cm³/mol. The van der Waals surface area contributed by atoms with E-state index in [1.54, 1.807) is 19.2 Å². The maximum Gasteiger partial charge on any atom is 0.303 e. The first-order valence-electron chi connectivity index (χ1n) is 10.8. The second kappa shape index (κ2) is 9.70. The monoisotopic (exact) mass is 476 g/mol. The van der Waals surface area contributed by atoms with E-state index >= 15 is 0 Å². The number of Topliss-reactive ketones (excluding diaryl/α,β-unsaturated/α-hetero) is 1. The van der Waals surface area contributed by atoms with Gasteiger partial charge in [-0.2, -0.15) is 0 Å². The number of methoxy groups -OCH3 is 1. The number of ether oxygens (including phenoxy) is 1. The van der Waals surface area contributed by atoms with Gasteiger partial charge in [0.15, 0.2) is 5.78 Å². The van der Waals surface area contributed by atoms with Crippen molar-refractivity contribution in [2.24, 2.45) is 0 Å². The Labute approximate surface area is 200 Å². The van der Waals surface area contributed by atoms with Crippen molar-refractivity contribution in [3.63, 3.8) is 0 Å². The molecule has 2 N–H and O–H groups in total. The third-order valence-electron chi connectivity index (χ3n) is 5.72. The number of nitrogens with zero attached hydrogens (tertiary/aromatic N) is 1. The van der Waals surface area contributed by atoms with Crippen molar-refractivity contribution in [1.82, 2.24) is 4.98 Å². The molecule has 4 aromatic rings. The van der Waals surface area contributed by atoms with Crippen molar-refractivity contribution < 1.29 is 24.2 Å². The Balaban J connectivity index is 1.68. The summed E-state index contributed by atoms with van der Waals surface area (Å²) in [4.78, 5) is 41.4. The van der Waals surface area contributed by atoms with Crippen LogP contribution in [0.3, 0.4) is 0 Å². The second-order valence-corrected chi connectivity index (χ2v) is 9.07. The van der Waals surface area contributed by atoms with Gasteiger partial charge in [0.25, 0.3) is 5.91 Å². The Morgan fingerprint density at radius 1 is 1.09 bits per heavy atom. The number of rotatable bonds is 8. The number of pyridine rings is 1. The number of aryl methyl sites for hydroxylation is 2. The molecule has 0 unspecified atom stereocenters. The van der Waals surface area contributed by atoms with Crippen molar-refractivity contribution in [2.45, 2.75) is 33.3 Å². The molecule has 0 aliphatic heterocycles. The van der Waals surface area contributed by atoms with Gasteiger partial charge < -0.3 is 15.2 Å². The minimum Gasteiger partial charge on any atom is -0.481 e. The van der Waals surface area contributed by atoms with Crippen molar-refractivity contribution in [2.75, 3.05) is 12.4 Å². The Morgan fingerprint density at radius 3 is 2.59 bits per heavy atom. The van der Waals surface area contributed by atoms with E-state index in [0.29, 0.717) is 34.8 Å². The lowest BCUT2D eigenvalue weighted by atomic mass is 10.0. The number of aliphatic carboxylic acids is 1. The lowest BCUT2D eigenvalue weighted by Crippen LogP contribution is -2.12. The number of hydrogen-bond donors (Lipinski definition) is 2. The largest absolute Gasteiger partial charge is 0.481 e. The van der Waals surface area contributed by atoms with Crippen LogP contribution in [0.25, 0.3) is 21.0 Å². The predicted octanol–water partition coefficient (Wildman–Crippen LogP) is 5.38. The first kappa shape index (κ1) is 23.5. The molecule has 0 radical (unpaired) electrons. The highest BCUT2D eigenvalue weighted by atomic mass is 32.1. The first-order chi connectivity index (χ1) is 16.3. The zero-order valence-corrected chi connectivity index (χ0v) is 19.9. The molecule has 2 aromatic carbocycles. The zero-order chi connectivity index (χ0) is 24.4. The first-order valence-corrected chi connectivity index (χ1v) is 11.6. The molecule has 2 aromatic heterocycles. The molecule has 0 fully saturated rings. The van der Waals surface area contributed by atoms with Crippen LogP contribution in [0.15, 0.2) is 42.5 Å². The number of carbonyl (C=O) groups excluding carboxylic acids is 2. The molecule has 0 atom stereocenters. The molecule has 4 rings (SSSR count). The minimum atomic E-state index is -0.853. The molecule has 0 bridgehead atoms. The van der Waals surface area contributed by atoms with Gasteiger partial charge in [0.05, 0.1) is 17.0 Å². The maximum atomic E-state index is 13.2. The summed E-state index contributed by atoms with van der Waals surface area (Å²) in [5.41, 5.74) is 3.88. The lowest BCUT2D eigenvalue weighted by Gasteiger charge is -2.08. The van der Waals surface area contributed by atoms with Crippen molar-refractivity contribution in [3.8, 4) is 0 Å². The third kappa shape index (κ3) is 4.55. The van der Waals surface area contributed by atoms with E-state index in [-0.39, 0.29) is 18.1 Å². The van der Waals surface area contributed by atoms with Crippen LogP contribution in [0.2, 0.25) is 0 Å². The fourth-order valence-electron chi connectivity index (χ4n) is 4.12. The normalized spacial score (nSPS) is 11.1. The standard InChI is InChI=1S/C26H24N2O5S/c1-14-23-17(13-33-3)7-9-18(15(2)29)25(23)34-24(14)26(32)28-21-11-10-19-16(8-12-22(30)31)5-4-6-20(19)27-21/h4-7,9-11H,8,12-13H2,1-3H3,(H,30,31)(H,27,28,32). The van der Waals surface area contributed by atoms with Gasteiger partial charge in [-0.15, -0.1) is 11.3 Å². The van der Waals surface area contributed by atoms with E-state index in [1.165, 1.54) is 18.3 Å². The quantitative estimate of drug-likeness (QED) is 0.331. The zero-order valence-electron chi connectivity index (χ0n) is 19.1. The molecule has 2 heterocycles. The number of fused-ring (bicyclic) bond motifs is 2. The number of carbonyl (C=O) groups is 3. The lowest BCUT2D eigenvalue weighted by molar-refractivity contribution is -0.136. The van der Waals surface area contributed by atoms with E-state index in [9.17, 15) is 14.4 Å². The number of anilines is 1. The average Bonchev–Trinajstić information content (AvgIpc) is 3.15. The Hall–Kier alpha value is -3.62. The SMILES string of the molecule is COCc1ccc(C(C)=O)c2sc(C(=O)Nc3ccc4c(CCC(=O)O)cccc4n3)c(C)c12. The number of benzene rings is 2. The third-order valence-corrected chi connectivity index (χ3v) is 7.04. The van der Waals surface area contributed by atoms with Crippen LogP contribution in [0, 0.1) is 6.92 Å². The summed E-state index contributed by atoms with van der Waals surface area (Å²) >= 11 is 1.29. The van der Waals surface area contributed by atoms with Gasteiger partial charge in [-0.05, 0) is 61.2 Å². The molecular weight excluding hydrogens is 452 g/mol. The summed E-state index contributed by atoms with van der Waals surface area (Å²) in [6.07, 6.45) is 0.444. The number of ketones is 1. The topological polar surface area (TPSA) is 106 Å². The highest BCUT2D eigenvalue weighted by Crippen LogP contribution is 2.37. The summed E-state index contributed by atoms with van der Waals surface area (Å²) in [7, 11) is 1.61. The smallest absolute Gasteiger partial charge is 0.303 e. The molecular formula is C26H24N2O5S. The number of carboxylic acids is 1. The van der Waals surface area contributed by atoms with Crippen LogP contribution < -0.4 is 5.32 Å². The average molecular weight is 477 g/mol. The Morgan fingerprint density at radius 2 is 1.88 bits per heavy atom. The second-order valence-electron chi connectivity index (χ2n) is 8.05. The minimum absolute atomic E-state index is 0.0378. The summed E-state index contributed by atoms with van der Waals surface area (Å²) in [5.74, 6) is -0.815. The molecule has 7 nitrogen and oxygen atoms in total. The molecule has 0 saturated heterocycles. The molecule has 174 valence electrons. The van der Waals surface area contributed by atoms with Crippen LogP contribution in [0.1, 0.15) is 50.1 Å². The molecule has 34 heavy (non-hydrogen) atoms. The van der Waals surface area contributed by atoms with Crippen molar-refractivity contribution in [3.05, 3.63) is 69.6 Å². The van der Waals surface area contributed by atoms with Crippen LogP contribution in [-0.2, 0) is 22.6 Å². The molecule has 1 amide bonds. The summed E-state index contributed by atoms with van der Waals surface area (Å²) in [6.45, 7) is 3.77. The summed E-state index contributed by atoms with van der Waals surface area (Å²) in [5, 5.41) is 13.6. The molecule has 0 spiro atoms. The molecule has 0 saturated carbocycles. The number of aromatic nitrogens is 1.